The van der Waals surface area contributed by atoms with Crippen molar-refractivity contribution in [2.45, 2.75) is 32.4 Å². The van der Waals surface area contributed by atoms with Gasteiger partial charge in [-0.1, -0.05) is 29.8 Å². The highest BCUT2D eigenvalue weighted by atomic mass is 35.5. The highest BCUT2D eigenvalue weighted by molar-refractivity contribution is 7.09. The van der Waals surface area contributed by atoms with Crippen molar-refractivity contribution >= 4 is 28.8 Å². The normalized spacial score (nSPS) is 15.0. The Hall–Kier alpha value is -1.43. The van der Waals surface area contributed by atoms with Crippen LogP contribution in [0.4, 0.5) is 0 Å². The van der Waals surface area contributed by atoms with E-state index in [0.717, 1.165) is 35.9 Å². The molecule has 1 N–H and O–H groups in total. The van der Waals surface area contributed by atoms with E-state index in [1.54, 1.807) is 11.3 Å². The van der Waals surface area contributed by atoms with E-state index < -0.39 is 0 Å². The number of carbonyl (C=O) groups is 1. The first-order chi connectivity index (χ1) is 11.2. The molecular weight excluding hydrogens is 330 g/mol. The third-order valence-corrected chi connectivity index (χ3v) is 5.18. The fourth-order valence-corrected chi connectivity index (χ4v) is 3.74. The van der Waals surface area contributed by atoms with Gasteiger partial charge in [0, 0.05) is 16.9 Å². The quantitative estimate of drug-likeness (QED) is 0.870. The van der Waals surface area contributed by atoms with E-state index in [1.165, 1.54) is 12.8 Å². The number of amides is 1. The van der Waals surface area contributed by atoms with Gasteiger partial charge in [0.1, 0.15) is 5.01 Å². The molecule has 2 aromatic rings. The minimum absolute atomic E-state index is 0.0251. The Bertz CT molecular complexity index is 667. The van der Waals surface area contributed by atoms with Crippen molar-refractivity contribution in [1.29, 1.82) is 0 Å². The minimum atomic E-state index is -0.0251. The first-order valence-electron chi connectivity index (χ1n) is 7.86. The van der Waals surface area contributed by atoms with Gasteiger partial charge < -0.3 is 5.32 Å². The van der Waals surface area contributed by atoms with E-state index in [9.17, 15) is 4.79 Å². The van der Waals surface area contributed by atoms with Crippen molar-refractivity contribution < 1.29 is 4.79 Å². The predicted octanol–water partition coefficient (Wildman–Crippen LogP) is 3.25. The summed E-state index contributed by atoms with van der Waals surface area (Å²) >= 11 is 7.73. The van der Waals surface area contributed by atoms with Crippen LogP contribution in [0.15, 0.2) is 29.6 Å². The lowest BCUT2D eigenvalue weighted by Gasteiger charge is -2.11. The maximum Gasteiger partial charge on any atom is 0.226 e. The second-order valence-corrected chi connectivity index (χ2v) is 7.11. The number of hydrogen-bond acceptors (Lipinski definition) is 4. The summed E-state index contributed by atoms with van der Waals surface area (Å²) in [5.74, 6) is -0.0251. The monoisotopic (exact) mass is 349 g/mol. The number of nitrogens with zero attached hydrogens (tertiary/aromatic N) is 2. The van der Waals surface area contributed by atoms with Crippen LogP contribution in [0.2, 0.25) is 5.02 Å². The lowest BCUT2D eigenvalue weighted by molar-refractivity contribution is -0.120. The van der Waals surface area contributed by atoms with Gasteiger partial charge in [0.25, 0.3) is 0 Å². The summed E-state index contributed by atoms with van der Waals surface area (Å²) < 4.78 is 0. The van der Waals surface area contributed by atoms with Crippen LogP contribution in [0.5, 0.6) is 0 Å². The average molecular weight is 350 g/mol. The Morgan fingerprint density at radius 1 is 1.30 bits per heavy atom. The van der Waals surface area contributed by atoms with Crippen molar-refractivity contribution in [1.82, 2.24) is 15.2 Å². The SMILES string of the molecule is O=C(Cc1csc(CN2CCCC2)n1)NCc1ccccc1Cl. The van der Waals surface area contributed by atoms with Crippen LogP contribution in [-0.4, -0.2) is 28.9 Å². The highest BCUT2D eigenvalue weighted by Gasteiger charge is 2.14. The maximum atomic E-state index is 12.1. The molecule has 1 fully saturated rings. The lowest BCUT2D eigenvalue weighted by atomic mass is 10.2. The zero-order chi connectivity index (χ0) is 16.1. The number of aromatic nitrogens is 1. The number of nitrogens with one attached hydrogen (secondary N) is 1. The Morgan fingerprint density at radius 3 is 2.87 bits per heavy atom. The van der Waals surface area contributed by atoms with Gasteiger partial charge in [0.05, 0.1) is 18.7 Å². The van der Waals surface area contributed by atoms with Crippen LogP contribution >= 0.6 is 22.9 Å². The van der Waals surface area contributed by atoms with Crippen LogP contribution in [-0.2, 0) is 24.3 Å². The minimum Gasteiger partial charge on any atom is -0.352 e. The lowest BCUT2D eigenvalue weighted by Crippen LogP contribution is -2.25. The van der Waals surface area contributed by atoms with E-state index in [0.29, 0.717) is 18.0 Å². The Kier molecular flexibility index (Phi) is 5.65. The molecule has 23 heavy (non-hydrogen) atoms. The van der Waals surface area contributed by atoms with E-state index >= 15 is 0 Å². The molecule has 1 aliphatic heterocycles. The second-order valence-electron chi connectivity index (χ2n) is 5.76. The molecule has 0 saturated carbocycles. The van der Waals surface area contributed by atoms with Crippen molar-refractivity contribution in [3.63, 3.8) is 0 Å². The van der Waals surface area contributed by atoms with Gasteiger partial charge in [-0.3, -0.25) is 9.69 Å². The second kappa shape index (κ2) is 7.90. The molecule has 4 nitrogen and oxygen atoms in total. The Morgan fingerprint density at radius 2 is 2.09 bits per heavy atom. The zero-order valence-corrected chi connectivity index (χ0v) is 14.5. The van der Waals surface area contributed by atoms with Crippen molar-refractivity contribution in [3.8, 4) is 0 Å². The topological polar surface area (TPSA) is 45.2 Å². The molecule has 1 aromatic heterocycles. The summed E-state index contributed by atoms with van der Waals surface area (Å²) in [5.41, 5.74) is 1.77. The maximum absolute atomic E-state index is 12.1. The zero-order valence-electron chi connectivity index (χ0n) is 12.9. The fourth-order valence-electron chi connectivity index (χ4n) is 2.70. The van der Waals surface area contributed by atoms with Crippen LogP contribution in [0, 0.1) is 0 Å². The van der Waals surface area contributed by atoms with E-state index in [-0.39, 0.29) is 5.91 Å². The molecule has 122 valence electrons. The van der Waals surface area contributed by atoms with Gasteiger partial charge in [-0.05, 0) is 37.6 Å². The van der Waals surface area contributed by atoms with Gasteiger partial charge in [0.15, 0.2) is 0 Å². The average Bonchev–Trinajstić information content (AvgIpc) is 3.19. The summed E-state index contributed by atoms with van der Waals surface area (Å²) in [6.45, 7) is 3.68. The van der Waals surface area contributed by atoms with Crippen molar-refractivity contribution in [2.24, 2.45) is 0 Å². The molecule has 3 rings (SSSR count). The molecule has 6 heteroatoms. The van der Waals surface area contributed by atoms with Crippen LogP contribution in [0.3, 0.4) is 0 Å². The molecule has 1 saturated heterocycles. The summed E-state index contributed by atoms with van der Waals surface area (Å²) in [6.07, 6.45) is 2.88. The number of carbonyl (C=O) groups excluding carboxylic acids is 1. The van der Waals surface area contributed by atoms with Crippen LogP contribution < -0.4 is 5.32 Å². The molecular formula is C17H20ClN3OS. The van der Waals surface area contributed by atoms with E-state index in [1.807, 2.05) is 29.6 Å². The number of halogens is 1. The Labute approximate surface area is 145 Å². The summed E-state index contributed by atoms with van der Waals surface area (Å²) in [7, 11) is 0. The van der Waals surface area contributed by atoms with Gasteiger partial charge in [-0.2, -0.15) is 0 Å². The molecule has 0 unspecified atom stereocenters. The molecule has 1 aromatic carbocycles. The van der Waals surface area contributed by atoms with Crippen LogP contribution in [0.1, 0.15) is 29.1 Å². The van der Waals surface area contributed by atoms with Gasteiger partial charge >= 0.3 is 0 Å². The number of thiazole rings is 1. The number of hydrogen-bond donors (Lipinski definition) is 1. The highest BCUT2D eigenvalue weighted by Crippen LogP contribution is 2.17. The third kappa shape index (κ3) is 4.77. The van der Waals surface area contributed by atoms with E-state index in [2.05, 4.69) is 15.2 Å². The summed E-state index contributed by atoms with van der Waals surface area (Å²) in [4.78, 5) is 19.0. The largest absolute Gasteiger partial charge is 0.352 e. The van der Waals surface area contributed by atoms with Crippen molar-refractivity contribution in [3.05, 3.63) is 50.9 Å². The molecule has 0 radical (unpaired) electrons. The molecule has 0 aliphatic carbocycles. The van der Waals surface area contributed by atoms with Crippen molar-refractivity contribution in [2.75, 3.05) is 13.1 Å². The molecule has 1 amide bonds. The fraction of sp³-hybridized carbons (Fsp3) is 0.412. The Balaban J connectivity index is 1.48. The van der Waals surface area contributed by atoms with Gasteiger partial charge in [0.2, 0.25) is 5.91 Å². The third-order valence-electron chi connectivity index (χ3n) is 3.93. The number of likely N-dealkylation sites (tertiary alicyclic amines) is 1. The molecule has 1 aliphatic rings. The standard InChI is InChI=1S/C17H20ClN3OS/c18-15-6-2-1-5-13(15)10-19-16(22)9-14-12-23-17(20-14)11-21-7-3-4-8-21/h1-2,5-6,12H,3-4,7-11H2,(H,19,22). The van der Waals surface area contributed by atoms with Gasteiger partial charge in [-0.25, -0.2) is 4.98 Å². The molecule has 0 atom stereocenters. The van der Waals surface area contributed by atoms with Crippen LogP contribution in [0.25, 0.3) is 0 Å². The molecule has 2 heterocycles. The van der Waals surface area contributed by atoms with E-state index in [4.69, 9.17) is 11.6 Å². The number of rotatable bonds is 6. The molecule has 0 bridgehead atoms. The van der Waals surface area contributed by atoms with Gasteiger partial charge in [-0.15, -0.1) is 11.3 Å². The summed E-state index contributed by atoms with van der Waals surface area (Å²) in [6, 6.07) is 7.54. The first kappa shape index (κ1) is 16.4. The smallest absolute Gasteiger partial charge is 0.226 e. The number of benzene rings is 1. The predicted molar refractivity (Wildman–Crippen MR) is 93.6 cm³/mol. The molecule has 0 spiro atoms. The first-order valence-corrected chi connectivity index (χ1v) is 9.12. The summed E-state index contributed by atoms with van der Waals surface area (Å²) in [5, 5.41) is 6.66.